The van der Waals surface area contributed by atoms with Crippen molar-refractivity contribution in [2.24, 2.45) is 0 Å². The Bertz CT molecular complexity index is 609. The second-order valence-electron chi connectivity index (χ2n) is 4.64. The fourth-order valence-electron chi connectivity index (χ4n) is 1.90. The van der Waals surface area contributed by atoms with E-state index in [1.807, 2.05) is 5.32 Å². The molecular formula is C15H19F3N2O5. The number of hydrogen-bond acceptors (Lipinski definition) is 6. The van der Waals surface area contributed by atoms with Crippen molar-refractivity contribution in [1.82, 2.24) is 5.32 Å². The summed E-state index contributed by atoms with van der Waals surface area (Å²) in [5.74, 6) is -1.70. The third kappa shape index (κ3) is 4.68. The van der Waals surface area contributed by atoms with Crippen molar-refractivity contribution < 1.29 is 37.0 Å². The van der Waals surface area contributed by atoms with E-state index in [0.29, 0.717) is 0 Å². The molecule has 0 aliphatic rings. The summed E-state index contributed by atoms with van der Waals surface area (Å²) in [6, 6.07) is 5.61. The molecule has 0 heterocycles. The number of alkyl halides is 3. The first-order chi connectivity index (χ1) is 11.7. The standard InChI is InChI=1S/C15H19F3N2O5/c1-4-24-12(21)14(15(16,17)18,20-13(22)25-5-2)19-10-8-6-7-9-11(10)23-3/h6-9,19H,4-5H2,1-3H3,(H,20,22)/t14-/m1/s1. The molecule has 1 aromatic carbocycles. The fourth-order valence-corrected chi connectivity index (χ4v) is 1.90. The average Bonchev–Trinajstić information content (AvgIpc) is 2.54. The molecule has 140 valence electrons. The van der Waals surface area contributed by atoms with Crippen molar-refractivity contribution in [3.8, 4) is 5.75 Å². The molecule has 1 amide bonds. The first-order valence-electron chi connectivity index (χ1n) is 7.31. The van der Waals surface area contributed by atoms with E-state index < -0.39 is 23.9 Å². The first-order valence-corrected chi connectivity index (χ1v) is 7.31. The maximum Gasteiger partial charge on any atom is 0.442 e. The molecule has 10 heteroatoms. The van der Waals surface area contributed by atoms with E-state index in [0.717, 1.165) is 0 Å². The molecule has 0 unspecified atom stereocenters. The lowest BCUT2D eigenvalue weighted by molar-refractivity contribution is -0.205. The Labute approximate surface area is 142 Å². The van der Waals surface area contributed by atoms with Crippen molar-refractivity contribution in [1.29, 1.82) is 0 Å². The maximum atomic E-state index is 13.8. The van der Waals surface area contributed by atoms with Crippen LogP contribution >= 0.6 is 0 Å². The van der Waals surface area contributed by atoms with Crippen molar-refractivity contribution in [3.05, 3.63) is 24.3 Å². The Hall–Kier alpha value is -2.65. The number of rotatable bonds is 7. The molecule has 0 aliphatic heterocycles. The number of amides is 1. The number of carbonyl (C=O) groups excluding carboxylic acids is 2. The van der Waals surface area contributed by atoms with Gasteiger partial charge in [-0.05, 0) is 26.0 Å². The highest BCUT2D eigenvalue weighted by Gasteiger charge is 2.64. The Balaban J connectivity index is 3.41. The van der Waals surface area contributed by atoms with E-state index in [2.05, 4.69) is 9.47 Å². The van der Waals surface area contributed by atoms with Crippen LogP contribution in [0.2, 0.25) is 0 Å². The van der Waals surface area contributed by atoms with Gasteiger partial charge in [-0.25, -0.2) is 9.59 Å². The minimum atomic E-state index is -5.24. The monoisotopic (exact) mass is 364 g/mol. The zero-order valence-corrected chi connectivity index (χ0v) is 13.9. The molecule has 0 fully saturated rings. The summed E-state index contributed by atoms with van der Waals surface area (Å²) in [5.41, 5.74) is -3.73. The van der Waals surface area contributed by atoms with Crippen LogP contribution in [0.25, 0.3) is 0 Å². The molecule has 25 heavy (non-hydrogen) atoms. The van der Waals surface area contributed by atoms with Crippen molar-refractivity contribution in [2.75, 3.05) is 25.6 Å². The molecule has 0 saturated heterocycles. The van der Waals surface area contributed by atoms with Gasteiger partial charge >= 0.3 is 23.9 Å². The first kappa shape index (κ1) is 20.4. The molecule has 0 aliphatic carbocycles. The van der Waals surface area contributed by atoms with Crippen LogP contribution in [0.15, 0.2) is 24.3 Å². The number of methoxy groups -OCH3 is 1. The topological polar surface area (TPSA) is 85.9 Å². The third-order valence-corrected chi connectivity index (χ3v) is 3.00. The van der Waals surface area contributed by atoms with Crippen LogP contribution in [-0.4, -0.2) is 44.2 Å². The average molecular weight is 364 g/mol. The summed E-state index contributed by atoms with van der Waals surface area (Å²) >= 11 is 0. The normalized spacial score (nSPS) is 13.4. The lowest BCUT2D eigenvalue weighted by atomic mass is 10.1. The number of carbonyl (C=O) groups is 2. The van der Waals surface area contributed by atoms with Crippen molar-refractivity contribution in [3.63, 3.8) is 0 Å². The smallest absolute Gasteiger partial charge is 0.442 e. The second-order valence-corrected chi connectivity index (χ2v) is 4.64. The highest BCUT2D eigenvalue weighted by molar-refractivity contribution is 5.90. The molecule has 0 aromatic heterocycles. The zero-order chi connectivity index (χ0) is 19.1. The predicted molar refractivity (Wildman–Crippen MR) is 82.2 cm³/mol. The largest absolute Gasteiger partial charge is 0.495 e. The Morgan fingerprint density at radius 1 is 1.08 bits per heavy atom. The fraction of sp³-hybridized carbons (Fsp3) is 0.467. The van der Waals surface area contributed by atoms with Crippen LogP contribution in [-0.2, 0) is 14.3 Å². The lowest BCUT2D eigenvalue weighted by Gasteiger charge is -2.35. The quantitative estimate of drug-likeness (QED) is 0.572. The van der Waals surface area contributed by atoms with Gasteiger partial charge in [0, 0.05) is 0 Å². The summed E-state index contributed by atoms with van der Waals surface area (Å²) in [7, 11) is 1.25. The maximum absolute atomic E-state index is 13.8. The Kier molecular flexibility index (Phi) is 6.89. The third-order valence-electron chi connectivity index (χ3n) is 3.00. The molecule has 2 N–H and O–H groups in total. The summed E-state index contributed by atoms with van der Waals surface area (Å²) in [6.45, 7) is 2.24. The van der Waals surface area contributed by atoms with Gasteiger partial charge in [-0.2, -0.15) is 13.2 Å². The summed E-state index contributed by atoms with van der Waals surface area (Å²) < 4.78 is 55.4. The molecule has 0 saturated carbocycles. The number of anilines is 1. The number of benzene rings is 1. The van der Waals surface area contributed by atoms with E-state index in [1.54, 1.807) is 0 Å². The van der Waals surface area contributed by atoms with E-state index in [-0.39, 0.29) is 24.7 Å². The molecule has 7 nitrogen and oxygen atoms in total. The molecule has 0 spiro atoms. The van der Waals surface area contributed by atoms with Gasteiger partial charge in [0.25, 0.3) is 0 Å². The van der Waals surface area contributed by atoms with E-state index in [1.165, 1.54) is 50.5 Å². The van der Waals surface area contributed by atoms with Gasteiger partial charge in [-0.1, -0.05) is 12.1 Å². The van der Waals surface area contributed by atoms with Crippen LogP contribution < -0.4 is 15.4 Å². The highest BCUT2D eigenvalue weighted by atomic mass is 19.4. The van der Waals surface area contributed by atoms with Crippen LogP contribution in [0.1, 0.15) is 13.8 Å². The SMILES string of the molecule is CCOC(=O)N[C@](Nc1ccccc1OC)(C(=O)OCC)C(F)(F)F. The van der Waals surface area contributed by atoms with E-state index in [9.17, 15) is 22.8 Å². The van der Waals surface area contributed by atoms with Gasteiger partial charge < -0.3 is 19.5 Å². The van der Waals surface area contributed by atoms with Gasteiger partial charge in [0.05, 0.1) is 26.0 Å². The Morgan fingerprint density at radius 3 is 2.20 bits per heavy atom. The van der Waals surface area contributed by atoms with Gasteiger partial charge in [0.15, 0.2) is 0 Å². The summed E-state index contributed by atoms with van der Waals surface area (Å²) in [4.78, 5) is 23.8. The lowest BCUT2D eigenvalue weighted by Crippen LogP contribution is -2.69. The van der Waals surface area contributed by atoms with Gasteiger partial charge in [0.1, 0.15) is 5.75 Å². The predicted octanol–water partition coefficient (Wildman–Crippen LogP) is 2.67. The number of alkyl carbamates (subject to hydrolysis) is 1. The number of esters is 1. The molecule has 0 radical (unpaired) electrons. The summed E-state index contributed by atoms with van der Waals surface area (Å²) in [6.07, 6.45) is -6.68. The molecule has 1 aromatic rings. The number of ether oxygens (including phenoxy) is 3. The highest BCUT2D eigenvalue weighted by Crippen LogP contribution is 2.36. The Morgan fingerprint density at radius 2 is 1.68 bits per heavy atom. The van der Waals surface area contributed by atoms with Crippen molar-refractivity contribution in [2.45, 2.75) is 25.7 Å². The van der Waals surface area contributed by atoms with Gasteiger partial charge in [-0.15, -0.1) is 0 Å². The van der Waals surface area contributed by atoms with Gasteiger partial charge in [-0.3, -0.25) is 5.32 Å². The van der Waals surface area contributed by atoms with Crippen LogP contribution in [0.4, 0.5) is 23.7 Å². The van der Waals surface area contributed by atoms with Crippen LogP contribution in [0, 0.1) is 0 Å². The molecular weight excluding hydrogens is 345 g/mol. The van der Waals surface area contributed by atoms with Crippen LogP contribution in [0.5, 0.6) is 5.75 Å². The number of nitrogens with one attached hydrogen (secondary N) is 2. The zero-order valence-electron chi connectivity index (χ0n) is 13.9. The number of hydrogen-bond donors (Lipinski definition) is 2. The molecule has 0 bridgehead atoms. The van der Waals surface area contributed by atoms with E-state index in [4.69, 9.17) is 4.74 Å². The molecule has 1 atom stereocenters. The summed E-state index contributed by atoms with van der Waals surface area (Å²) in [5, 5.41) is 3.52. The minimum Gasteiger partial charge on any atom is -0.495 e. The van der Waals surface area contributed by atoms with E-state index >= 15 is 0 Å². The molecule has 1 rings (SSSR count). The van der Waals surface area contributed by atoms with Crippen molar-refractivity contribution >= 4 is 17.7 Å². The van der Waals surface area contributed by atoms with Crippen LogP contribution in [0.3, 0.4) is 0 Å². The second kappa shape index (κ2) is 8.45. The number of halogens is 3. The number of para-hydroxylation sites is 2. The minimum absolute atomic E-state index is 0.0334. The van der Waals surface area contributed by atoms with Gasteiger partial charge in [0.2, 0.25) is 0 Å².